The smallest absolute Gasteiger partial charge is 0.295 e. The van der Waals surface area contributed by atoms with Gasteiger partial charge in [-0.25, -0.2) is 0 Å². The fourth-order valence-electron chi connectivity index (χ4n) is 4.48. The second kappa shape index (κ2) is 10.8. The molecular weight excluding hydrogens is 474 g/mol. The zero-order valence-electron chi connectivity index (χ0n) is 20.4. The number of ether oxygens (including phenoxy) is 4. The van der Waals surface area contributed by atoms with Crippen LogP contribution in [0.5, 0.6) is 17.2 Å². The zero-order chi connectivity index (χ0) is 25.8. The van der Waals surface area contributed by atoms with Crippen LogP contribution in [0.4, 0.5) is 0 Å². The number of benzene rings is 3. The molecule has 0 saturated carbocycles. The Bertz CT molecular complexity index is 1320. The molecule has 8 nitrogen and oxygen atoms in total. The number of nitrogens with zero attached hydrogens (tertiary/aromatic N) is 1. The second-order valence-corrected chi connectivity index (χ2v) is 8.69. The van der Waals surface area contributed by atoms with Crippen molar-refractivity contribution in [3.63, 3.8) is 0 Å². The second-order valence-electron chi connectivity index (χ2n) is 8.69. The van der Waals surface area contributed by atoms with Crippen LogP contribution in [-0.2, 0) is 20.9 Å². The molecular formula is C29H27NO7. The van der Waals surface area contributed by atoms with E-state index in [9.17, 15) is 14.7 Å². The van der Waals surface area contributed by atoms with Gasteiger partial charge in [0.25, 0.3) is 11.7 Å². The van der Waals surface area contributed by atoms with Crippen molar-refractivity contribution in [3.05, 3.63) is 95.1 Å². The van der Waals surface area contributed by atoms with Crippen LogP contribution in [-0.4, -0.2) is 55.2 Å². The summed E-state index contributed by atoms with van der Waals surface area (Å²) in [5.74, 6) is -0.0345. The van der Waals surface area contributed by atoms with Crippen molar-refractivity contribution in [1.29, 1.82) is 0 Å². The molecule has 1 fully saturated rings. The van der Waals surface area contributed by atoms with Gasteiger partial charge in [-0.1, -0.05) is 42.5 Å². The van der Waals surface area contributed by atoms with Gasteiger partial charge in [0.2, 0.25) is 0 Å². The third-order valence-electron chi connectivity index (χ3n) is 6.34. The molecule has 5 rings (SSSR count). The Hall–Kier alpha value is -4.30. The molecule has 0 bridgehead atoms. The van der Waals surface area contributed by atoms with E-state index < -0.39 is 17.7 Å². The summed E-state index contributed by atoms with van der Waals surface area (Å²) in [5.41, 5.74) is 2.08. The number of aliphatic hydroxyl groups is 1. The van der Waals surface area contributed by atoms with Crippen molar-refractivity contribution in [2.45, 2.75) is 12.6 Å². The average Bonchev–Trinajstić information content (AvgIpc) is 3.20. The number of likely N-dealkylation sites (tertiary alicyclic amines) is 1. The van der Waals surface area contributed by atoms with Crippen LogP contribution in [0.25, 0.3) is 5.76 Å². The summed E-state index contributed by atoms with van der Waals surface area (Å²) in [7, 11) is 1.53. The molecule has 1 atom stereocenters. The predicted molar refractivity (Wildman–Crippen MR) is 136 cm³/mol. The number of amides is 1. The van der Waals surface area contributed by atoms with E-state index in [0.717, 1.165) is 5.56 Å². The first kappa shape index (κ1) is 24.4. The van der Waals surface area contributed by atoms with Gasteiger partial charge in [-0.2, -0.15) is 0 Å². The van der Waals surface area contributed by atoms with E-state index in [1.165, 1.54) is 12.0 Å². The Morgan fingerprint density at radius 3 is 2.43 bits per heavy atom. The Labute approximate surface area is 214 Å². The van der Waals surface area contributed by atoms with Gasteiger partial charge in [-0.15, -0.1) is 0 Å². The highest BCUT2D eigenvalue weighted by Crippen LogP contribution is 2.41. The van der Waals surface area contributed by atoms with E-state index in [-0.39, 0.29) is 24.5 Å². The van der Waals surface area contributed by atoms with Crippen molar-refractivity contribution in [2.75, 3.05) is 33.5 Å². The van der Waals surface area contributed by atoms with Gasteiger partial charge in [0.1, 0.15) is 31.3 Å². The third-order valence-corrected chi connectivity index (χ3v) is 6.34. The molecule has 3 aromatic rings. The molecule has 1 N–H and O–H groups in total. The average molecular weight is 502 g/mol. The van der Waals surface area contributed by atoms with E-state index in [4.69, 9.17) is 18.9 Å². The lowest BCUT2D eigenvalue weighted by atomic mass is 9.95. The molecule has 1 unspecified atom stereocenters. The summed E-state index contributed by atoms with van der Waals surface area (Å²) in [5, 5.41) is 11.3. The Morgan fingerprint density at radius 2 is 1.70 bits per heavy atom. The molecule has 37 heavy (non-hydrogen) atoms. The fraction of sp³-hybridized carbons (Fsp3) is 0.241. The first-order chi connectivity index (χ1) is 18.1. The molecule has 1 amide bonds. The molecule has 2 aliphatic heterocycles. The lowest BCUT2D eigenvalue weighted by molar-refractivity contribution is -0.140. The number of aliphatic hydroxyl groups excluding tert-OH is 1. The number of rotatable bonds is 8. The Balaban J connectivity index is 1.48. The van der Waals surface area contributed by atoms with E-state index >= 15 is 0 Å². The number of hydrogen-bond donors (Lipinski definition) is 1. The van der Waals surface area contributed by atoms with Gasteiger partial charge in [0.15, 0.2) is 11.5 Å². The zero-order valence-corrected chi connectivity index (χ0v) is 20.4. The van der Waals surface area contributed by atoms with Crippen molar-refractivity contribution >= 4 is 17.4 Å². The maximum absolute atomic E-state index is 13.2. The van der Waals surface area contributed by atoms with E-state index in [1.807, 2.05) is 30.3 Å². The van der Waals surface area contributed by atoms with Crippen LogP contribution in [0.3, 0.4) is 0 Å². The number of ketones is 1. The molecule has 0 spiro atoms. The number of carbonyl (C=O) groups is 2. The lowest BCUT2D eigenvalue weighted by Crippen LogP contribution is -2.32. The Kier molecular flexibility index (Phi) is 7.09. The van der Waals surface area contributed by atoms with Crippen LogP contribution < -0.4 is 14.2 Å². The van der Waals surface area contributed by atoms with Gasteiger partial charge in [-0.3, -0.25) is 9.59 Å². The first-order valence-electron chi connectivity index (χ1n) is 12.0. The number of hydrogen-bond acceptors (Lipinski definition) is 7. The molecule has 3 aromatic carbocycles. The molecule has 0 aromatic heterocycles. The highest BCUT2D eigenvalue weighted by molar-refractivity contribution is 6.46. The number of methoxy groups -OCH3 is 1. The topological polar surface area (TPSA) is 94.5 Å². The predicted octanol–water partition coefficient (Wildman–Crippen LogP) is 4.10. The van der Waals surface area contributed by atoms with Gasteiger partial charge in [-0.05, 0) is 41.5 Å². The van der Waals surface area contributed by atoms with E-state index in [0.29, 0.717) is 48.2 Å². The highest BCUT2D eigenvalue weighted by atomic mass is 16.6. The number of carbonyl (C=O) groups excluding carboxylic acids is 2. The first-order valence-corrected chi connectivity index (χ1v) is 12.0. The minimum Gasteiger partial charge on any atom is -0.507 e. The SMILES string of the molecule is COCCN1C(=O)C(=O)C(=C(O)c2ccc3c(c2)OCCO3)C1c1ccc(OCc2ccccc2)cc1. The van der Waals surface area contributed by atoms with Crippen LogP contribution in [0, 0.1) is 0 Å². The summed E-state index contributed by atoms with van der Waals surface area (Å²) in [6, 6.07) is 21.1. The summed E-state index contributed by atoms with van der Waals surface area (Å²) in [4.78, 5) is 27.6. The molecule has 190 valence electrons. The summed E-state index contributed by atoms with van der Waals surface area (Å²) < 4.78 is 22.2. The van der Waals surface area contributed by atoms with Crippen LogP contribution in [0.1, 0.15) is 22.7 Å². The van der Waals surface area contributed by atoms with Gasteiger partial charge >= 0.3 is 0 Å². The highest BCUT2D eigenvalue weighted by Gasteiger charge is 2.46. The van der Waals surface area contributed by atoms with Crippen molar-refractivity contribution in [3.8, 4) is 17.2 Å². The van der Waals surface area contributed by atoms with Gasteiger partial charge in [0.05, 0.1) is 18.2 Å². The molecule has 2 aliphatic rings. The largest absolute Gasteiger partial charge is 0.507 e. The number of fused-ring (bicyclic) bond motifs is 1. The normalized spacial score (nSPS) is 18.2. The summed E-state index contributed by atoms with van der Waals surface area (Å²) in [6.45, 7) is 1.67. The van der Waals surface area contributed by atoms with Crippen molar-refractivity contribution in [2.24, 2.45) is 0 Å². The minimum atomic E-state index is -0.786. The summed E-state index contributed by atoms with van der Waals surface area (Å²) in [6.07, 6.45) is 0. The molecule has 0 radical (unpaired) electrons. The van der Waals surface area contributed by atoms with Crippen LogP contribution in [0.2, 0.25) is 0 Å². The molecule has 1 saturated heterocycles. The van der Waals surface area contributed by atoms with E-state index in [2.05, 4.69) is 0 Å². The maximum atomic E-state index is 13.2. The van der Waals surface area contributed by atoms with E-state index in [1.54, 1.807) is 42.5 Å². The third kappa shape index (κ3) is 5.01. The monoisotopic (exact) mass is 501 g/mol. The minimum absolute atomic E-state index is 0.00994. The van der Waals surface area contributed by atoms with Gasteiger partial charge < -0.3 is 29.0 Å². The molecule has 0 aliphatic carbocycles. The quantitative estimate of drug-likeness (QED) is 0.282. The Morgan fingerprint density at radius 1 is 0.973 bits per heavy atom. The summed E-state index contributed by atoms with van der Waals surface area (Å²) >= 11 is 0. The van der Waals surface area contributed by atoms with Crippen LogP contribution in [0.15, 0.2) is 78.4 Å². The van der Waals surface area contributed by atoms with Gasteiger partial charge in [0, 0.05) is 19.2 Å². The standard InChI is InChI=1S/C29H27NO7/c1-34-14-13-30-26(20-7-10-22(11-8-20)37-18-19-5-3-2-4-6-19)25(28(32)29(30)33)27(31)21-9-12-23-24(17-21)36-16-15-35-23/h2-12,17,26,31H,13-16,18H2,1H3. The van der Waals surface area contributed by atoms with Crippen molar-refractivity contribution in [1.82, 2.24) is 4.90 Å². The fourth-order valence-corrected chi connectivity index (χ4v) is 4.48. The molecule has 8 heteroatoms. The van der Waals surface area contributed by atoms with Crippen LogP contribution >= 0.6 is 0 Å². The van der Waals surface area contributed by atoms with Crippen molar-refractivity contribution < 1.29 is 33.6 Å². The lowest BCUT2D eigenvalue weighted by Gasteiger charge is -2.25. The molecule has 2 heterocycles. The number of Topliss-reactive ketones (excluding diaryl/α,β-unsaturated/α-hetero) is 1. The maximum Gasteiger partial charge on any atom is 0.295 e.